The van der Waals surface area contributed by atoms with Gasteiger partial charge in [0.2, 0.25) is 5.91 Å². The number of anilines is 1. The fourth-order valence-corrected chi connectivity index (χ4v) is 2.24. The van der Waals surface area contributed by atoms with Crippen LogP contribution in [0.1, 0.15) is 16.8 Å². The summed E-state index contributed by atoms with van der Waals surface area (Å²) < 4.78 is 12.3. The van der Waals surface area contributed by atoms with Crippen molar-refractivity contribution < 1.29 is 19.1 Å². The molecular formula is C11H7Cl3FNO3. The number of amides is 1. The van der Waals surface area contributed by atoms with Gasteiger partial charge in [0.1, 0.15) is 10.2 Å². The topological polar surface area (TPSA) is 66.4 Å². The van der Waals surface area contributed by atoms with Crippen LogP contribution in [0.3, 0.4) is 0 Å². The molecule has 0 spiro atoms. The lowest BCUT2D eigenvalue weighted by Gasteiger charge is -2.08. The lowest BCUT2D eigenvalue weighted by molar-refractivity contribution is -0.117. The molecule has 102 valence electrons. The number of hydrogen-bond donors (Lipinski definition) is 2. The first kappa shape index (κ1) is 14.4. The summed E-state index contributed by atoms with van der Waals surface area (Å²) in [6, 6.07) is 2.00. The average Bonchev–Trinajstić information content (AvgIpc) is 2.92. The van der Waals surface area contributed by atoms with Crippen molar-refractivity contribution in [2.24, 2.45) is 5.92 Å². The molecule has 1 aromatic rings. The summed E-state index contributed by atoms with van der Waals surface area (Å²) in [5, 5.41) is 10.7. The summed E-state index contributed by atoms with van der Waals surface area (Å²) in [5.41, 5.74) is -0.448. The van der Waals surface area contributed by atoms with E-state index in [1.54, 1.807) is 0 Å². The van der Waals surface area contributed by atoms with Gasteiger partial charge in [-0.05, 0) is 18.6 Å². The summed E-state index contributed by atoms with van der Waals surface area (Å²) in [6.07, 6.45) is 0.295. The normalized spacial score (nSPS) is 19.9. The third kappa shape index (κ3) is 2.94. The van der Waals surface area contributed by atoms with Crippen LogP contribution in [0.15, 0.2) is 12.1 Å². The van der Waals surface area contributed by atoms with Gasteiger partial charge in [0.25, 0.3) is 0 Å². The Balaban J connectivity index is 2.22. The van der Waals surface area contributed by atoms with E-state index in [0.717, 1.165) is 12.1 Å². The number of rotatable bonds is 3. The van der Waals surface area contributed by atoms with Crippen molar-refractivity contribution in [1.29, 1.82) is 0 Å². The van der Waals surface area contributed by atoms with Crippen LogP contribution in [0, 0.1) is 11.7 Å². The molecule has 0 heterocycles. The minimum absolute atomic E-state index is 0.0136. The van der Waals surface area contributed by atoms with E-state index in [2.05, 4.69) is 5.32 Å². The zero-order valence-corrected chi connectivity index (χ0v) is 11.5. The number of hydrogen-bond acceptors (Lipinski definition) is 2. The lowest BCUT2D eigenvalue weighted by Crippen LogP contribution is -2.17. The molecule has 2 N–H and O–H groups in total. The number of benzene rings is 1. The minimum atomic E-state index is -1.39. The van der Waals surface area contributed by atoms with Gasteiger partial charge in [-0.1, -0.05) is 11.6 Å². The first-order valence-corrected chi connectivity index (χ1v) is 6.27. The number of carboxylic acids is 1. The van der Waals surface area contributed by atoms with E-state index < -0.39 is 38.5 Å². The molecule has 0 saturated heterocycles. The molecule has 1 aliphatic rings. The summed E-state index contributed by atoms with van der Waals surface area (Å²) >= 11 is 16.9. The van der Waals surface area contributed by atoms with E-state index in [4.69, 9.17) is 39.9 Å². The monoisotopic (exact) mass is 325 g/mol. The number of carbonyl (C=O) groups excluding carboxylic acids is 1. The Kier molecular flexibility index (Phi) is 3.64. The van der Waals surface area contributed by atoms with Gasteiger partial charge in [0, 0.05) is 5.69 Å². The maximum absolute atomic E-state index is 13.4. The van der Waals surface area contributed by atoms with Crippen molar-refractivity contribution in [3.63, 3.8) is 0 Å². The van der Waals surface area contributed by atoms with Gasteiger partial charge < -0.3 is 10.4 Å². The lowest BCUT2D eigenvalue weighted by atomic mass is 10.2. The van der Waals surface area contributed by atoms with Crippen LogP contribution in [-0.2, 0) is 4.79 Å². The van der Waals surface area contributed by atoms with E-state index in [1.807, 2.05) is 0 Å². The Labute approximate surface area is 122 Å². The van der Waals surface area contributed by atoms with Crippen LogP contribution in [0.25, 0.3) is 0 Å². The van der Waals surface area contributed by atoms with Crippen LogP contribution in [0.5, 0.6) is 0 Å². The number of halogens is 4. The Bertz CT molecular complexity index is 577. The molecule has 1 aliphatic carbocycles. The maximum atomic E-state index is 13.4. The molecule has 2 rings (SSSR count). The van der Waals surface area contributed by atoms with Crippen LogP contribution in [0.4, 0.5) is 10.1 Å². The fraction of sp³-hybridized carbons (Fsp3) is 0.273. The molecule has 0 bridgehead atoms. The van der Waals surface area contributed by atoms with Gasteiger partial charge in [0.15, 0.2) is 0 Å². The van der Waals surface area contributed by atoms with Gasteiger partial charge in [0.05, 0.1) is 16.5 Å². The molecule has 19 heavy (non-hydrogen) atoms. The maximum Gasteiger partial charge on any atom is 0.337 e. The zero-order chi connectivity index (χ0) is 14.4. The van der Waals surface area contributed by atoms with E-state index in [0.29, 0.717) is 6.42 Å². The molecule has 0 aromatic heterocycles. The summed E-state index contributed by atoms with van der Waals surface area (Å²) in [7, 11) is 0. The predicted octanol–water partition coefficient (Wildman–Crippen LogP) is 3.31. The molecule has 1 atom stereocenters. The first-order valence-electron chi connectivity index (χ1n) is 5.13. The van der Waals surface area contributed by atoms with Gasteiger partial charge in [-0.15, -0.1) is 23.2 Å². The van der Waals surface area contributed by atoms with Crippen molar-refractivity contribution >= 4 is 52.4 Å². The van der Waals surface area contributed by atoms with Crippen LogP contribution in [0.2, 0.25) is 5.02 Å². The van der Waals surface area contributed by atoms with E-state index in [1.165, 1.54) is 0 Å². The van der Waals surface area contributed by atoms with Gasteiger partial charge in [-0.25, -0.2) is 9.18 Å². The average molecular weight is 327 g/mol. The molecule has 1 aromatic carbocycles. The summed E-state index contributed by atoms with van der Waals surface area (Å²) in [4.78, 5) is 22.5. The molecular weight excluding hydrogens is 319 g/mol. The molecule has 0 radical (unpaired) electrons. The molecule has 4 nitrogen and oxygen atoms in total. The second-order valence-corrected chi connectivity index (χ2v) is 6.05. The van der Waals surface area contributed by atoms with Crippen LogP contribution in [-0.4, -0.2) is 21.3 Å². The number of carboxylic acid groups (broad SMARTS) is 1. The number of alkyl halides is 2. The standard InChI is InChI=1S/C11H7Cl3FNO3/c12-8-5(10(18)19)1-4(2-7(8)15)16-9(17)6-3-11(6,13)14/h1-2,6H,3H2,(H,16,17)(H,18,19). The molecule has 1 fully saturated rings. The van der Waals surface area contributed by atoms with E-state index in [9.17, 15) is 14.0 Å². The number of nitrogens with one attached hydrogen (secondary N) is 1. The molecule has 8 heteroatoms. The molecule has 1 amide bonds. The van der Waals surface area contributed by atoms with Gasteiger partial charge in [-0.3, -0.25) is 4.79 Å². The van der Waals surface area contributed by atoms with Crippen molar-refractivity contribution in [2.45, 2.75) is 10.8 Å². The molecule has 0 aliphatic heterocycles. The quantitative estimate of drug-likeness (QED) is 0.838. The predicted molar refractivity (Wildman–Crippen MR) is 69.5 cm³/mol. The Hall–Kier alpha value is -1.04. The van der Waals surface area contributed by atoms with Gasteiger partial charge >= 0.3 is 5.97 Å². The highest BCUT2D eigenvalue weighted by Gasteiger charge is 2.56. The first-order chi connectivity index (χ1) is 8.72. The largest absolute Gasteiger partial charge is 0.478 e. The van der Waals surface area contributed by atoms with E-state index >= 15 is 0 Å². The van der Waals surface area contributed by atoms with Crippen LogP contribution >= 0.6 is 34.8 Å². The third-order valence-electron chi connectivity index (χ3n) is 2.67. The Morgan fingerprint density at radius 3 is 2.47 bits per heavy atom. The highest BCUT2D eigenvalue weighted by molar-refractivity contribution is 6.52. The van der Waals surface area contributed by atoms with E-state index in [-0.39, 0.29) is 5.69 Å². The number of carbonyl (C=O) groups is 2. The zero-order valence-electron chi connectivity index (χ0n) is 9.21. The van der Waals surface area contributed by atoms with Crippen molar-refractivity contribution in [3.05, 3.63) is 28.5 Å². The third-order valence-corrected chi connectivity index (χ3v) is 3.89. The highest BCUT2D eigenvalue weighted by Crippen LogP contribution is 2.53. The van der Waals surface area contributed by atoms with Crippen LogP contribution < -0.4 is 5.32 Å². The second-order valence-electron chi connectivity index (χ2n) is 4.13. The fourth-order valence-electron chi connectivity index (χ4n) is 1.54. The Morgan fingerprint density at radius 2 is 2.00 bits per heavy atom. The Morgan fingerprint density at radius 1 is 1.42 bits per heavy atom. The summed E-state index contributed by atoms with van der Waals surface area (Å²) in [6.45, 7) is 0. The second kappa shape index (κ2) is 4.81. The van der Waals surface area contributed by atoms with Gasteiger partial charge in [-0.2, -0.15) is 0 Å². The minimum Gasteiger partial charge on any atom is -0.478 e. The molecule has 1 saturated carbocycles. The number of aromatic carboxylic acids is 1. The summed E-state index contributed by atoms with van der Waals surface area (Å²) in [5.74, 6) is -3.42. The van der Waals surface area contributed by atoms with Crippen molar-refractivity contribution in [1.82, 2.24) is 0 Å². The SMILES string of the molecule is O=C(O)c1cc(NC(=O)C2CC2(Cl)Cl)cc(F)c1Cl. The van der Waals surface area contributed by atoms with Crippen molar-refractivity contribution in [2.75, 3.05) is 5.32 Å². The smallest absolute Gasteiger partial charge is 0.337 e. The highest BCUT2D eigenvalue weighted by atomic mass is 35.5. The van der Waals surface area contributed by atoms with Crippen molar-refractivity contribution in [3.8, 4) is 0 Å². The molecule has 1 unspecified atom stereocenters.